The van der Waals surface area contributed by atoms with Crippen molar-refractivity contribution < 1.29 is 0 Å². The summed E-state index contributed by atoms with van der Waals surface area (Å²) in [7, 11) is 0. The molecule has 4 heteroatoms. The van der Waals surface area contributed by atoms with Crippen LogP contribution in [0.5, 0.6) is 0 Å². The molecule has 1 atom stereocenters. The van der Waals surface area contributed by atoms with Crippen molar-refractivity contribution in [3.8, 4) is 0 Å². The van der Waals surface area contributed by atoms with Crippen molar-refractivity contribution in [2.75, 3.05) is 17.2 Å². The van der Waals surface area contributed by atoms with Crippen molar-refractivity contribution in [3.05, 3.63) is 12.4 Å². The Bertz CT molecular complexity index is 338. The van der Waals surface area contributed by atoms with E-state index in [9.17, 15) is 0 Å². The summed E-state index contributed by atoms with van der Waals surface area (Å²) in [6.07, 6.45) is 5.10. The number of hydrogen-bond donors (Lipinski definition) is 2. The molecule has 0 amide bonds. The minimum Gasteiger partial charge on any atom is -0.370 e. The second kappa shape index (κ2) is 7.90. The molecule has 0 spiro atoms. The molecule has 1 rings (SSSR count). The highest BCUT2D eigenvalue weighted by molar-refractivity contribution is 5.46. The van der Waals surface area contributed by atoms with Crippen LogP contribution in [0.3, 0.4) is 0 Å². The van der Waals surface area contributed by atoms with Crippen molar-refractivity contribution in [2.24, 2.45) is 5.92 Å². The average Bonchev–Trinajstić information content (AvgIpc) is 2.34. The summed E-state index contributed by atoms with van der Waals surface area (Å²) < 4.78 is 0. The largest absolute Gasteiger partial charge is 0.370 e. The summed E-state index contributed by atoms with van der Waals surface area (Å²) in [4.78, 5) is 8.45. The Hall–Kier alpha value is -1.32. The lowest BCUT2D eigenvalue weighted by molar-refractivity contribution is 0.527. The van der Waals surface area contributed by atoms with Crippen LogP contribution < -0.4 is 10.6 Å². The molecule has 1 aromatic rings. The highest BCUT2D eigenvalue weighted by atomic mass is 15.1. The van der Waals surface area contributed by atoms with Gasteiger partial charge in [-0.15, -0.1) is 0 Å². The summed E-state index contributed by atoms with van der Waals surface area (Å²) in [5, 5.41) is 6.69. The van der Waals surface area contributed by atoms with Crippen LogP contribution in [0.1, 0.15) is 47.0 Å². The third-order valence-electron chi connectivity index (χ3n) is 2.79. The first-order valence-corrected chi connectivity index (χ1v) is 6.94. The molecule has 0 radical (unpaired) electrons. The minimum atomic E-state index is 0.446. The zero-order valence-corrected chi connectivity index (χ0v) is 12.0. The fourth-order valence-corrected chi connectivity index (χ4v) is 1.69. The quantitative estimate of drug-likeness (QED) is 0.741. The second-order valence-electron chi connectivity index (χ2n) is 5.23. The molecule has 2 N–H and O–H groups in total. The van der Waals surface area contributed by atoms with Crippen LogP contribution in [0.4, 0.5) is 11.6 Å². The summed E-state index contributed by atoms with van der Waals surface area (Å²) in [5.41, 5.74) is 0. The summed E-state index contributed by atoms with van der Waals surface area (Å²) in [6, 6.07) is 2.42. The number of nitrogens with zero attached hydrogens (tertiary/aromatic N) is 2. The zero-order valence-electron chi connectivity index (χ0n) is 12.0. The number of rotatable bonds is 8. The van der Waals surface area contributed by atoms with E-state index in [0.29, 0.717) is 6.04 Å². The fourth-order valence-electron chi connectivity index (χ4n) is 1.69. The molecule has 0 fully saturated rings. The number of hydrogen-bond acceptors (Lipinski definition) is 4. The molecule has 18 heavy (non-hydrogen) atoms. The Morgan fingerprint density at radius 1 is 1.11 bits per heavy atom. The second-order valence-corrected chi connectivity index (χ2v) is 5.23. The number of aromatic nitrogens is 2. The number of nitrogens with one attached hydrogen (secondary N) is 2. The van der Waals surface area contributed by atoms with E-state index in [4.69, 9.17) is 0 Å². The Kier molecular flexibility index (Phi) is 6.47. The van der Waals surface area contributed by atoms with Gasteiger partial charge in [0.05, 0.1) is 0 Å². The van der Waals surface area contributed by atoms with Gasteiger partial charge >= 0.3 is 0 Å². The molecule has 0 aliphatic heterocycles. The zero-order chi connectivity index (χ0) is 13.4. The molecule has 102 valence electrons. The molecular formula is C14H26N4. The molecular weight excluding hydrogens is 224 g/mol. The highest BCUT2D eigenvalue weighted by Crippen LogP contribution is 2.13. The first-order chi connectivity index (χ1) is 8.61. The van der Waals surface area contributed by atoms with Gasteiger partial charge in [0, 0.05) is 18.7 Å². The lowest BCUT2D eigenvalue weighted by Gasteiger charge is -2.16. The van der Waals surface area contributed by atoms with Crippen molar-refractivity contribution in [1.29, 1.82) is 0 Å². The van der Waals surface area contributed by atoms with Crippen LogP contribution in [0.15, 0.2) is 12.4 Å². The molecule has 1 aromatic heterocycles. The van der Waals surface area contributed by atoms with Crippen LogP contribution in [0.25, 0.3) is 0 Å². The van der Waals surface area contributed by atoms with Gasteiger partial charge in [0.1, 0.15) is 18.0 Å². The van der Waals surface area contributed by atoms with E-state index >= 15 is 0 Å². The van der Waals surface area contributed by atoms with Gasteiger partial charge in [-0.2, -0.15) is 0 Å². The molecule has 0 bridgehead atoms. The van der Waals surface area contributed by atoms with Crippen molar-refractivity contribution >= 4 is 11.6 Å². The first-order valence-electron chi connectivity index (χ1n) is 6.94. The monoisotopic (exact) mass is 250 g/mol. The van der Waals surface area contributed by atoms with Gasteiger partial charge in [0.2, 0.25) is 0 Å². The van der Waals surface area contributed by atoms with Crippen LogP contribution in [0, 0.1) is 5.92 Å². The van der Waals surface area contributed by atoms with Crippen LogP contribution >= 0.6 is 0 Å². The topological polar surface area (TPSA) is 49.8 Å². The Labute approximate surface area is 111 Å². The Morgan fingerprint density at radius 3 is 2.50 bits per heavy atom. The van der Waals surface area contributed by atoms with Crippen LogP contribution in [-0.2, 0) is 0 Å². The maximum Gasteiger partial charge on any atom is 0.131 e. The van der Waals surface area contributed by atoms with Crippen molar-refractivity contribution in [2.45, 2.75) is 53.0 Å². The standard InChI is InChI=1S/C14H26N4/c1-5-8-15-13-9-14(17-10-16-13)18-12(4)7-6-11(2)3/h9-12H,5-8H2,1-4H3,(H2,15,16,17,18). The molecule has 1 unspecified atom stereocenters. The van der Waals surface area contributed by atoms with Crippen molar-refractivity contribution in [3.63, 3.8) is 0 Å². The predicted molar refractivity (Wildman–Crippen MR) is 78.0 cm³/mol. The summed E-state index contributed by atoms with van der Waals surface area (Å²) >= 11 is 0. The number of anilines is 2. The van der Waals surface area contributed by atoms with Crippen molar-refractivity contribution in [1.82, 2.24) is 9.97 Å². The summed E-state index contributed by atoms with van der Waals surface area (Å²) in [6.45, 7) is 9.79. The van der Waals surface area contributed by atoms with E-state index in [1.165, 1.54) is 12.8 Å². The third kappa shape index (κ3) is 5.84. The SMILES string of the molecule is CCCNc1cc(NC(C)CCC(C)C)ncn1. The maximum absolute atomic E-state index is 4.25. The minimum absolute atomic E-state index is 0.446. The molecule has 4 nitrogen and oxygen atoms in total. The van der Waals surface area contributed by atoms with E-state index in [-0.39, 0.29) is 0 Å². The van der Waals surface area contributed by atoms with Gasteiger partial charge < -0.3 is 10.6 Å². The van der Waals surface area contributed by atoms with Gasteiger partial charge in [0.25, 0.3) is 0 Å². The Morgan fingerprint density at radius 2 is 1.83 bits per heavy atom. The van der Waals surface area contributed by atoms with E-state index < -0.39 is 0 Å². The average molecular weight is 250 g/mol. The molecule has 0 saturated carbocycles. The van der Waals surface area contributed by atoms with E-state index in [1.54, 1.807) is 6.33 Å². The predicted octanol–water partition coefficient (Wildman–Crippen LogP) is 3.54. The van der Waals surface area contributed by atoms with E-state index in [2.05, 4.69) is 48.3 Å². The van der Waals surface area contributed by atoms with Gasteiger partial charge in [-0.05, 0) is 32.1 Å². The van der Waals surface area contributed by atoms with Gasteiger partial charge in [0.15, 0.2) is 0 Å². The highest BCUT2D eigenvalue weighted by Gasteiger charge is 2.05. The Balaban J connectivity index is 2.45. The van der Waals surface area contributed by atoms with Gasteiger partial charge in [-0.3, -0.25) is 0 Å². The van der Waals surface area contributed by atoms with Gasteiger partial charge in [-0.25, -0.2) is 9.97 Å². The fraction of sp³-hybridized carbons (Fsp3) is 0.714. The lowest BCUT2D eigenvalue weighted by atomic mass is 10.0. The summed E-state index contributed by atoms with van der Waals surface area (Å²) in [5.74, 6) is 2.55. The molecule has 0 aliphatic rings. The first kappa shape index (κ1) is 14.7. The molecule has 1 heterocycles. The normalized spacial score (nSPS) is 12.5. The molecule has 0 aromatic carbocycles. The smallest absolute Gasteiger partial charge is 0.131 e. The van der Waals surface area contributed by atoms with Crippen LogP contribution in [-0.4, -0.2) is 22.6 Å². The van der Waals surface area contributed by atoms with E-state index in [1.807, 2.05) is 6.07 Å². The third-order valence-corrected chi connectivity index (χ3v) is 2.79. The van der Waals surface area contributed by atoms with Crippen LogP contribution in [0.2, 0.25) is 0 Å². The maximum atomic E-state index is 4.25. The molecule has 0 aliphatic carbocycles. The molecule has 0 saturated heterocycles. The van der Waals surface area contributed by atoms with E-state index in [0.717, 1.165) is 30.5 Å². The van der Waals surface area contributed by atoms with Gasteiger partial charge in [-0.1, -0.05) is 20.8 Å². The lowest BCUT2D eigenvalue weighted by Crippen LogP contribution is -2.17.